The smallest absolute Gasteiger partial charge is 0.246 e. The zero-order chi connectivity index (χ0) is 20.8. The third-order valence-corrected chi connectivity index (χ3v) is 5.01. The maximum atomic E-state index is 12.9. The summed E-state index contributed by atoms with van der Waals surface area (Å²) < 4.78 is 8.40. The van der Waals surface area contributed by atoms with Crippen molar-refractivity contribution in [3.05, 3.63) is 84.4 Å². The van der Waals surface area contributed by atoms with Crippen LogP contribution in [-0.2, 0) is 9.59 Å². The Kier molecular flexibility index (Phi) is 6.07. The molecule has 3 N–H and O–H groups in total. The SMILES string of the molecule is O=C(CNC(C(=O)Nc1ccccc1)c1ccccc1)Nc1cccc2nsnc12. The van der Waals surface area contributed by atoms with Gasteiger partial charge >= 0.3 is 0 Å². The quantitative estimate of drug-likeness (QED) is 0.427. The van der Waals surface area contributed by atoms with Crippen LogP contribution in [0.15, 0.2) is 78.9 Å². The summed E-state index contributed by atoms with van der Waals surface area (Å²) in [4.78, 5) is 25.4. The van der Waals surface area contributed by atoms with Crippen molar-refractivity contribution in [1.82, 2.24) is 14.1 Å². The van der Waals surface area contributed by atoms with E-state index in [0.29, 0.717) is 16.9 Å². The molecule has 0 aliphatic rings. The number of fused-ring (bicyclic) bond motifs is 1. The van der Waals surface area contributed by atoms with Crippen molar-refractivity contribution in [1.29, 1.82) is 0 Å². The van der Waals surface area contributed by atoms with Crippen LogP contribution in [0.1, 0.15) is 11.6 Å². The molecule has 0 radical (unpaired) electrons. The molecule has 0 aliphatic carbocycles. The first-order valence-corrected chi connectivity index (χ1v) is 10.1. The van der Waals surface area contributed by atoms with E-state index in [1.165, 1.54) is 0 Å². The van der Waals surface area contributed by atoms with Crippen molar-refractivity contribution in [2.45, 2.75) is 6.04 Å². The molecular formula is C22H19N5O2S. The molecule has 3 aromatic carbocycles. The minimum Gasteiger partial charge on any atom is -0.324 e. The van der Waals surface area contributed by atoms with Gasteiger partial charge in [0.2, 0.25) is 11.8 Å². The van der Waals surface area contributed by atoms with Gasteiger partial charge in [0.1, 0.15) is 17.1 Å². The average molecular weight is 417 g/mol. The molecule has 2 amide bonds. The van der Waals surface area contributed by atoms with Crippen LogP contribution in [0.5, 0.6) is 0 Å². The lowest BCUT2D eigenvalue weighted by molar-refractivity contribution is -0.119. The molecule has 0 bridgehead atoms. The molecule has 30 heavy (non-hydrogen) atoms. The number of carbonyl (C=O) groups is 2. The molecule has 0 saturated carbocycles. The highest BCUT2D eigenvalue weighted by Gasteiger charge is 2.21. The van der Waals surface area contributed by atoms with Crippen LogP contribution in [0.4, 0.5) is 11.4 Å². The number of nitrogens with one attached hydrogen (secondary N) is 3. The van der Waals surface area contributed by atoms with Gasteiger partial charge in [0.15, 0.2) is 0 Å². The maximum absolute atomic E-state index is 12.9. The normalized spacial score (nSPS) is 11.7. The number of aromatic nitrogens is 2. The largest absolute Gasteiger partial charge is 0.324 e. The number of nitrogens with zero attached hydrogens (tertiary/aromatic N) is 2. The Balaban J connectivity index is 1.46. The van der Waals surface area contributed by atoms with Crippen LogP contribution in [-0.4, -0.2) is 27.1 Å². The molecular weight excluding hydrogens is 398 g/mol. The Hall–Kier alpha value is -3.62. The lowest BCUT2D eigenvalue weighted by atomic mass is 10.1. The monoisotopic (exact) mass is 417 g/mol. The summed E-state index contributed by atoms with van der Waals surface area (Å²) in [5.74, 6) is -0.519. The number of anilines is 2. The van der Waals surface area contributed by atoms with Crippen LogP contribution < -0.4 is 16.0 Å². The Morgan fingerprint density at radius 1 is 0.833 bits per heavy atom. The van der Waals surface area contributed by atoms with E-state index in [1.807, 2.05) is 72.8 Å². The first-order valence-electron chi connectivity index (χ1n) is 9.36. The number of hydrogen-bond donors (Lipinski definition) is 3. The summed E-state index contributed by atoms with van der Waals surface area (Å²) >= 11 is 1.09. The van der Waals surface area contributed by atoms with Crippen LogP contribution in [0.25, 0.3) is 11.0 Å². The molecule has 0 saturated heterocycles. The highest BCUT2D eigenvalue weighted by molar-refractivity contribution is 7.00. The minimum atomic E-state index is -0.686. The highest BCUT2D eigenvalue weighted by atomic mass is 32.1. The fraction of sp³-hybridized carbons (Fsp3) is 0.0909. The van der Waals surface area contributed by atoms with Crippen LogP contribution in [0.3, 0.4) is 0 Å². The van der Waals surface area contributed by atoms with Gasteiger partial charge in [-0.1, -0.05) is 54.6 Å². The van der Waals surface area contributed by atoms with E-state index in [2.05, 4.69) is 24.7 Å². The number of amides is 2. The number of benzene rings is 3. The van der Waals surface area contributed by atoms with Gasteiger partial charge in [-0.3, -0.25) is 14.9 Å². The molecule has 1 aromatic heterocycles. The molecule has 0 spiro atoms. The average Bonchev–Trinajstić information content (AvgIpc) is 3.25. The van der Waals surface area contributed by atoms with Crippen molar-refractivity contribution in [3.8, 4) is 0 Å². The van der Waals surface area contributed by atoms with Crippen molar-refractivity contribution < 1.29 is 9.59 Å². The standard InChI is InChI=1S/C22H19N5O2S/c28-19(25-17-12-7-13-18-21(17)27-30-26-18)14-23-20(15-8-3-1-4-9-15)22(29)24-16-10-5-2-6-11-16/h1-13,20,23H,14H2,(H,24,29)(H,25,28). The summed E-state index contributed by atoms with van der Waals surface area (Å²) in [7, 11) is 0. The molecule has 8 heteroatoms. The predicted octanol–water partition coefficient (Wildman–Crippen LogP) is 3.60. The zero-order valence-corrected chi connectivity index (χ0v) is 16.7. The first-order chi connectivity index (χ1) is 14.7. The second kappa shape index (κ2) is 9.25. The van der Waals surface area contributed by atoms with Gasteiger partial charge in [0.05, 0.1) is 24.0 Å². The van der Waals surface area contributed by atoms with E-state index in [0.717, 1.165) is 22.8 Å². The van der Waals surface area contributed by atoms with E-state index in [9.17, 15) is 9.59 Å². The highest BCUT2D eigenvalue weighted by Crippen LogP contribution is 2.21. The van der Waals surface area contributed by atoms with Gasteiger partial charge in [-0.25, -0.2) is 0 Å². The maximum Gasteiger partial charge on any atom is 0.246 e. The minimum absolute atomic E-state index is 0.0459. The zero-order valence-electron chi connectivity index (χ0n) is 15.9. The molecule has 1 heterocycles. The predicted molar refractivity (Wildman–Crippen MR) is 118 cm³/mol. The lowest BCUT2D eigenvalue weighted by Crippen LogP contribution is -2.37. The van der Waals surface area contributed by atoms with Gasteiger partial charge in [0, 0.05) is 5.69 Å². The third-order valence-electron chi connectivity index (χ3n) is 4.46. The molecule has 1 unspecified atom stereocenters. The van der Waals surface area contributed by atoms with E-state index in [1.54, 1.807) is 6.07 Å². The van der Waals surface area contributed by atoms with Crippen LogP contribution >= 0.6 is 11.7 Å². The summed E-state index contributed by atoms with van der Waals surface area (Å²) in [5.41, 5.74) is 3.44. The first kappa shape index (κ1) is 19.7. The Morgan fingerprint density at radius 2 is 1.57 bits per heavy atom. The van der Waals surface area contributed by atoms with Crippen molar-refractivity contribution in [3.63, 3.8) is 0 Å². The fourth-order valence-corrected chi connectivity index (χ4v) is 3.59. The van der Waals surface area contributed by atoms with Gasteiger partial charge < -0.3 is 10.6 Å². The number of para-hydroxylation sites is 1. The number of carbonyl (C=O) groups excluding carboxylic acids is 2. The fourth-order valence-electron chi connectivity index (χ4n) is 3.04. The van der Waals surface area contributed by atoms with Gasteiger partial charge in [-0.2, -0.15) is 8.75 Å². The summed E-state index contributed by atoms with van der Waals surface area (Å²) in [5, 5.41) is 8.78. The molecule has 4 rings (SSSR count). The molecule has 7 nitrogen and oxygen atoms in total. The summed E-state index contributed by atoms with van der Waals surface area (Å²) in [6.07, 6.45) is 0. The molecule has 4 aromatic rings. The van der Waals surface area contributed by atoms with Crippen molar-refractivity contribution in [2.75, 3.05) is 17.2 Å². The second-order valence-electron chi connectivity index (χ2n) is 6.57. The summed E-state index contributed by atoms with van der Waals surface area (Å²) in [6, 6.07) is 23.2. The number of rotatable bonds is 7. The summed E-state index contributed by atoms with van der Waals surface area (Å²) in [6.45, 7) is -0.0459. The van der Waals surface area contributed by atoms with E-state index in [4.69, 9.17) is 0 Å². The van der Waals surface area contributed by atoms with Gasteiger partial charge in [-0.15, -0.1) is 0 Å². The second-order valence-corrected chi connectivity index (χ2v) is 7.09. The van der Waals surface area contributed by atoms with E-state index >= 15 is 0 Å². The molecule has 0 aliphatic heterocycles. The number of hydrogen-bond acceptors (Lipinski definition) is 6. The molecule has 150 valence electrons. The van der Waals surface area contributed by atoms with Gasteiger partial charge in [-0.05, 0) is 29.8 Å². The molecule has 1 atom stereocenters. The topological polar surface area (TPSA) is 96.0 Å². The van der Waals surface area contributed by atoms with Crippen LogP contribution in [0.2, 0.25) is 0 Å². The van der Waals surface area contributed by atoms with Crippen LogP contribution in [0, 0.1) is 0 Å². The third kappa shape index (κ3) is 4.68. The Morgan fingerprint density at radius 3 is 2.33 bits per heavy atom. The van der Waals surface area contributed by atoms with Crippen molar-refractivity contribution in [2.24, 2.45) is 0 Å². The van der Waals surface area contributed by atoms with Gasteiger partial charge in [0.25, 0.3) is 0 Å². The van der Waals surface area contributed by atoms with E-state index in [-0.39, 0.29) is 18.4 Å². The van der Waals surface area contributed by atoms with E-state index < -0.39 is 6.04 Å². The molecule has 0 fully saturated rings. The Bertz CT molecular complexity index is 1150. The Labute approximate surface area is 177 Å². The lowest BCUT2D eigenvalue weighted by Gasteiger charge is -2.19. The van der Waals surface area contributed by atoms with Crippen molar-refractivity contribution >= 4 is 46.0 Å².